The molecule has 2 rings (SSSR count). The number of carboxylic acid groups (broad SMARTS) is 1. The predicted octanol–water partition coefficient (Wildman–Crippen LogP) is 3.39. The van der Waals surface area contributed by atoms with Gasteiger partial charge < -0.3 is 14.8 Å². The first-order valence-corrected chi connectivity index (χ1v) is 6.67. The summed E-state index contributed by atoms with van der Waals surface area (Å²) in [7, 11) is 0. The van der Waals surface area contributed by atoms with Gasteiger partial charge >= 0.3 is 5.97 Å². The summed E-state index contributed by atoms with van der Waals surface area (Å²) in [6, 6.07) is 10.1. The van der Waals surface area contributed by atoms with Crippen LogP contribution in [0.1, 0.15) is 47.0 Å². The fraction of sp³-hybridized carbons (Fsp3) is 0.312. The lowest BCUT2D eigenvalue weighted by Gasteiger charge is -2.08. The average Bonchev–Trinajstić information content (AvgIpc) is 2.88. The van der Waals surface area contributed by atoms with E-state index in [9.17, 15) is 4.79 Å². The molecule has 0 unspecified atom stereocenters. The summed E-state index contributed by atoms with van der Waals surface area (Å²) in [6.45, 7) is 5.51. The van der Waals surface area contributed by atoms with Gasteiger partial charge in [0.2, 0.25) is 5.76 Å². The van der Waals surface area contributed by atoms with Crippen LogP contribution in [0.3, 0.4) is 0 Å². The Hall–Kier alpha value is -2.07. The minimum atomic E-state index is -1.03. The second kappa shape index (κ2) is 6.39. The zero-order valence-corrected chi connectivity index (χ0v) is 11.7. The van der Waals surface area contributed by atoms with E-state index in [0.717, 1.165) is 0 Å². The lowest BCUT2D eigenvalue weighted by molar-refractivity contribution is 0.0660. The fourth-order valence-corrected chi connectivity index (χ4v) is 2.02. The van der Waals surface area contributed by atoms with Crippen LogP contribution in [0, 0.1) is 0 Å². The van der Waals surface area contributed by atoms with Gasteiger partial charge in [-0.15, -0.1) is 0 Å². The summed E-state index contributed by atoms with van der Waals surface area (Å²) >= 11 is 0. The van der Waals surface area contributed by atoms with Gasteiger partial charge in [0.1, 0.15) is 0 Å². The third-order valence-electron chi connectivity index (χ3n) is 3.23. The van der Waals surface area contributed by atoms with Gasteiger partial charge in [-0.25, -0.2) is 4.79 Å². The molecule has 0 amide bonds. The van der Waals surface area contributed by atoms with Crippen molar-refractivity contribution in [2.24, 2.45) is 0 Å². The molecule has 0 saturated heterocycles. The van der Waals surface area contributed by atoms with Gasteiger partial charge in [0.15, 0.2) is 0 Å². The number of hydrogen-bond acceptors (Lipinski definition) is 3. The van der Waals surface area contributed by atoms with Crippen molar-refractivity contribution in [2.45, 2.75) is 32.9 Å². The number of rotatable bonds is 6. The topological polar surface area (TPSA) is 62.5 Å². The van der Waals surface area contributed by atoms with Crippen LogP contribution in [0.25, 0.3) is 0 Å². The third-order valence-corrected chi connectivity index (χ3v) is 3.23. The van der Waals surface area contributed by atoms with Gasteiger partial charge in [-0.2, -0.15) is 0 Å². The molecule has 20 heavy (non-hydrogen) atoms. The molecule has 2 aromatic rings. The molecule has 0 radical (unpaired) electrons. The van der Waals surface area contributed by atoms with Crippen molar-refractivity contribution in [3.63, 3.8) is 0 Å². The highest BCUT2D eigenvalue weighted by Crippen LogP contribution is 2.15. The summed E-state index contributed by atoms with van der Waals surface area (Å²) in [5.41, 5.74) is 3.16. The van der Waals surface area contributed by atoms with Crippen LogP contribution in [0.5, 0.6) is 0 Å². The second-order valence-electron chi connectivity index (χ2n) is 5.08. The summed E-state index contributed by atoms with van der Waals surface area (Å²) in [5, 5.41) is 12.2. The van der Waals surface area contributed by atoms with Crippen molar-refractivity contribution in [2.75, 3.05) is 0 Å². The largest absolute Gasteiger partial charge is 0.475 e. The molecule has 4 heteroatoms. The van der Waals surface area contributed by atoms with E-state index < -0.39 is 5.97 Å². The van der Waals surface area contributed by atoms with Crippen molar-refractivity contribution in [3.8, 4) is 0 Å². The number of carboxylic acids is 1. The number of furan rings is 1. The first-order valence-electron chi connectivity index (χ1n) is 6.67. The van der Waals surface area contributed by atoms with Crippen LogP contribution in [-0.2, 0) is 13.1 Å². The fourth-order valence-electron chi connectivity index (χ4n) is 2.02. The Morgan fingerprint density at radius 3 is 2.50 bits per heavy atom. The van der Waals surface area contributed by atoms with Crippen molar-refractivity contribution < 1.29 is 14.3 Å². The van der Waals surface area contributed by atoms with E-state index in [0.29, 0.717) is 24.6 Å². The molecule has 1 heterocycles. The highest BCUT2D eigenvalue weighted by molar-refractivity contribution is 5.86. The zero-order chi connectivity index (χ0) is 14.5. The van der Waals surface area contributed by atoms with Gasteiger partial charge in [0.05, 0.1) is 6.26 Å². The Kier molecular flexibility index (Phi) is 4.58. The highest BCUT2D eigenvalue weighted by Gasteiger charge is 2.12. The van der Waals surface area contributed by atoms with Crippen molar-refractivity contribution in [1.29, 1.82) is 0 Å². The van der Waals surface area contributed by atoms with Crippen LogP contribution in [-0.4, -0.2) is 11.1 Å². The average molecular weight is 273 g/mol. The molecule has 1 aromatic carbocycles. The molecule has 4 nitrogen and oxygen atoms in total. The van der Waals surface area contributed by atoms with Crippen molar-refractivity contribution in [3.05, 3.63) is 59.0 Å². The molecular formula is C16H19NO3. The lowest BCUT2D eigenvalue weighted by Crippen LogP contribution is -2.14. The smallest absolute Gasteiger partial charge is 0.372 e. The van der Waals surface area contributed by atoms with Gasteiger partial charge in [0, 0.05) is 18.7 Å². The summed E-state index contributed by atoms with van der Waals surface area (Å²) < 4.78 is 4.93. The maximum Gasteiger partial charge on any atom is 0.372 e. The molecule has 0 spiro atoms. The first kappa shape index (κ1) is 14.3. The number of hydrogen-bond donors (Lipinski definition) is 2. The maximum absolute atomic E-state index is 10.9. The monoisotopic (exact) mass is 273 g/mol. The SMILES string of the molecule is CC(C)c1ccc(CNCc2ccoc2C(=O)O)cc1. The van der Waals surface area contributed by atoms with E-state index >= 15 is 0 Å². The van der Waals surface area contributed by atoms with Gasteiger partial charge in [-0.3, -0.25) is 0 Å². The molecule has 0 aliphatic rings. The van der Waals surface area contributed by atoms with Crippen LogP contribution in [0.15, 0.2) is 41.0 Å². The zero-order valence-electron chi connectivity index (χ0n) is 11.7. The van der Waals surface area contributed by atoms with Gasteiger partial charge in [-0.1, -0.05) is 38.1 Å². The Labute approximate surface area is 118 Å². The first-order chi connectivity index (χ1) is 9.58. The minimum absolute atomic E-state index is 0.00709. The van der Waals surface area contributed by atoms with Crippen molar-refractivity contribution in [1.82, 2.24) is 5.32 Å². The normalized spacial score (nSPS) is 10.9. The van der Waals surface area contributed by atoms with Gasteiger partial charge in [-0.05, 0) is 23.1 Å². The number of aromatic carboxylic acids is 1. The summed E-state index contributed by atoms with van der Waals surface area (Å²) in [5.74, 6) is -0.498. The molecule has 0 fully saturated rings. The van der Waals surface area contributed by atoms with Crippen LogP contribution < -0.4 is 5.32 Å². The highest BCUT2D eigenvalue weighted by atomic mass is 16.4. The maximum atomic E-state index is 10.9. The van der Waals surface area contributed by atoms with E-state index in [4.69, 9.17) is 9.52 Å². The molecule has 1 aromatic heterocycles. The van der Waals surface area contributed by atoms with Crippen molar-refractivity contribution >= 4 is 5.97 Å². The molecule has 2 N–H and O–H groups in total. The molecule has 0 aliphatic heterocycles. The quantitative estimate of drug-likeness (QED) is 0.846. The molecule has 106 valence electrons. The lowest BCUT2D eigenvalue weighted by atomic mass is 10.0. The Morgan fingerprint density at radius 1 is 1.20 bits per heavy atom. The van der Waals surface area contributed by atoms with Gasteiger partial charge in [0.25, 0.3) is 0 Å². The Morgan fingerprint density at radius 2 is 1.90 bits per heavy atom. The molecule has 0 aliphatic carbocycles. The van der Waals surface area contributed by atoms with Crippen LogP contribution in [0.2, 0.25) is 0 Å². The molecule has 0 bridgehead atoms. The van der Waals surface area contributed by atoms with E-state index in [1.165, 1.54) is 17.4 Å². The third kappa shape index (κ3) is 3.48. The standard InChI is InChI=1S/C16H19NO3/c1-11(2)13-5-3-12(4-6-13)9-17-10-14-7-8-20-15(14)16(18)19/h3-8,11,17H,9-10H2,1-2H3,(H,18,19). The Balaban J connectivity index is 1.89. The number of nitrogens with one attached hydrogen (secondary N) is 1. The van der Waals surface area contributed by atoms with Crippen LogP contribution >= 0.6 is 0 Å². The number of carbonyl (C=O) groups is 1. The van der Waals surface area contributed by atoms with Crippen LogP contribution in [0.4, 0.5) is 0 Å². The molecule has 0 saturated carbocycles. The second-order valence-corrected chi connectivity index (χ2v) is 5.08. The van der Waals surface area contributed by atoms with E-state index in [2.05, 4.69) is 43.4 Å². The minimum Gasteiger partial charge on any atom is -0.475 e. The predicted molar refractivity (Wildman–Crippen MR) is 76.7 cm³/mol. The molecular weight excluding hydrogens is 254 g/mol. The summed E-state index contributed by atoms with van der Waals surface area (Å²) in [4.78, 5) is 10.9. The van der Waals surface area contributed by atoms with E-state index in [-0.39, 0.29) is 5.76 Å². The van der Waals surface area contributed by atoms with E-state index in [1.807, 2.05) is 0 Å². The van der Waals surface area contributed by atoms with E-state index in [1.54, 1.807) is 6.07 Å². The Bertz CT molecular complexity index is 570. The summed E-state index contributed by atoms with van der Waals surface area (Å²) in [6.07, 6.45) is 1.40. The number of benzene rings is 1. The molecule has 0 atom stereocenters.